The minimum atomic E-state index is -1.39. The van der Waals surface area contributed by atoms with Crippen LogP contribution in [-0.4, -0.2) is 70.7 Å². The predicted molar refractivity (Wildman–Crippen MR) is 107 cm³/mol. The standard InChI is InChI=1S/C18H35N5O6/c1-9(2)13(22-15(25)12(20)7-5-6-8-19)16(26)23-14(11(4)24)17(27)21-10(3)18(28)29/h9-14,24H,5-8,19-20H2,1-4H3,(H,21,27)(H,22,25)(H,23,26)(H,28,29). The maximum Gasteiger partial charge on any atom is 0.325 e. The van der Waals surface area contributed by atoms with Gasteiger partial charge in [-0.05, 0) is 39.2 Å². The molecule has 0 radical (unpaired) electrons. The van der Waals surface area contributed by atoms with E-state index in [1.807, 2.05) is 0 Å². The lowest BCUT2D eigenvalue weighted by molar-refractivity contribution is -0.142. The number of rotatable bonds is 13. The first-order valence-corrected chi connectivity index (χ1v) is 9.69. The van der Waals surface area contributed by atoms with Gasteiger partial charge in [-0.2, -0.15) is 0 Å². The van der Waals surface area contributed by atoms with Crippen LogP contribution in [0.15, 0.2) is 0 Å². The molecular formula is C18H35N5O6. The molecule has 0 aromatic carbocycles. The number of aliphatic hydroxyl groups is 1. The Labute approximate surface area is 171 Å². The summed E-state index contributed by atoms with van der Waals surface area (Å²) in [7, 11) is 0. The second kappa shape index (κ2) is 13.1. The molecule has 0 aromatic rings. The van der Waals surface area contributed by atoms with Crippen LogP contribution >= 0.6 is 0 Å². The number of hydrogen-bond acceptors (Lipinski definition) is 7. The van der Waals surface area contributed by atoms with Gasteiger partial charge in [0, 0.05) is 0 Å². The molecule has 11 nitrogen and oxygen atoms in total. The number of amides is 3. The molecule has 0 spiro atoms. The Morgan fingerprint density at radius 2 is 1.38 bits per heavy atom. The normalized spacial score (nSPS) is 16.3. The Hall–Kier alpha value is -2.24. The molecule has 0 heterocycles. The number of hydrogen-bond donors (Lipinski definition) is 7. The van der Waals surface area contributed by atoms with Crippen molar-refractivity contribution >= 4 is 23.7 Å². The summed E-state index contributed by atoms with van der Waals surface area (Å²) >= 11 is 0. The summed E-state index contributed by atoms with van der Waals surface area (Å²) in [5.74, 6) is -3.63. The number of carboxylic acids is 1. The van der Waals surface area contributed by atoms with Crippen molar-refractivity contribution in [1.29, 1.82) is 0 Å². The minimum Gasteiger partial charge on any atom is -0.480 e. The van der Waals surface area contributed by atoms with Crippen molar-refractivity contribution in [2.45, 2.75) is 77.2 Å². The van der Waals surface area contributed by atoms with Crippen LogP contribution in [0.1, 0.15) is 47.0 Å². The molecular weight excluding hydrogens is 382 g/mol. The van der Waals surface area contributed by atoms with E-state index in [2.05, 4.69) is 16.0 Å². The van der Waals surface area contributed by atoms with Crippen molar-refractivity contribution in [3.05, 3.63) is 0 Å². The third kappa shape index (κ3) is 9.68. The van der Waals surface area contributed by atoms with E-state index in [4.69, 9.17) is 16.6 Å². The molecule has 0 bridgehead atoms. The molecule has 0 aromatic heterocycles. The molecule has 0 saturated carbocycles. The van der Waals surface area contributed by atoms with E-state index >= 15 is 0 Å². The third-order valence-electron chi connectivity index (χ3n) is 4.34. The van der Waals surface area contributed by atoms with Crippen LogP contribution in [0.25, 0.3) is 0 Å². The molecule has 11 heteroatoms. The van der Waals surface area contributed by atoms with E-state index < -0.39 is 54.0 Å². The quantitative estimate of drug-likeness (QED) is 0.168. The number of nitrogens with two attached hydrogens (primary N) is 2. The molecule has 5 unspecified atom stereocenters. The van der Waals surface area contributed by atoms with Gasteiger partial charge in [0.25, 0.3) is 0 Å². The van der Waals surface area contributed by atoms with E-state index in [-0.39, 0.29) is 5.92 Å². The highest BCUT2D eigenvalue weighted by Crippen LogP contribution is 2.06. The first-order valence-electron chi connectivity index (χ1n) is 9.69. The van der Waals surface area contributed by atoms with Gasteiger partial charge in [0.1, 0.15) is 18.1 Å². The first-order chi connectivity index (χ1) is 13.4. The average Bonchev–Trinajstić information content (AvgIpc) is 2.62. The summed E-state index contributed by atoms with van der Waals surface area (Å²) in [4.78, 5) is 48.1. The summed E-state index contributed by atoms with van der Waals surface area (Å²) in [5.41, 5.74) is 11.3. The molecule has 5 atom stereocenters. The first kappa shape index (κ1) is 26.8. The molecule has 9 N–H and O–H groups in total. The summed E-state index contributed by atoms with van der Waals surface area (Å²) in [6.45, 7) is 6.44. The number of unbranched alkanes of at least 4 members (excludes halogenated alkanes) is 1. The van der Waals surface area contributed by atoms with Crippen molar-refractivity contribution < 1.29 is 29.4 Å². The summed E-state index contributed by atoms with van der Waals surface area (Å²) in [6.07, 6.45) is 0.535. The van der Waals surface area contributed by atoms with Crippen molar-refractivity contribution in [1.82, 2.24) is 16.0 Å². The van der Waals surface area contributed by atoms with Gasteiger partial charge >= 0.3 is 5.97 Å². The Balaban J connectivity index is 5.10. The molecule has 0 aliphatic rings. The molecule has 0 aliphatic carbocycles. The lowest BCUT2D eigenvalue weighted by atomic mass is 10.0. The molecule has 0 saturated heterocycles. The van der Waals surface area contributed by atoms with Gasteiger partial charge in [-0.3, -0.25) is 19.2 Å². The Morgan fingerprint density at radius 3 is 1.83 bits per heavy atom. The molecule has 0 rings (SSSR count). The largest absolute Gasteiger partial charge is 0.480 e. The van der Waals surface area contributed by atoms with Crippen LogP contribution < -0.4 is 27.4 Å². The van der Waals surface area contributed by atoms with E-state index in [0.29, 0.717) is 19.4 Å². The van der Waals surface area contributed by atoms with Gasteiger partial charge in [-0.1, -0.05) is 20.3 Å². The zero-order valence-corrected chi connectivity index (χ0v) is 17.5. The van der Waals surface area contributed by atoms with Crippen molar-refractivity contribution in [3.63, 3.8) is 0 Å². The monoisotopic (exact) mass is 417 g/mol. The lowest BCUT2D eigenvalue weighted by Crippen LogP contribution is -2.60. The fraction of sp³-hybridized carbons (Fsp3) is 0.778. The maximum atomic E-state index is 12.7. The fourth-order valence-electron chi connectivity index (χ4n) is 2.45. The van der Waals surface area contributed by atoms with Crippen LogP contribution in [0.3, 0.4) is 0 Å². The van der Waals surface area contributed by atoms with Gasteiger partial charge in [0.15, 0.2) is 0 Å². The van der Waals surface area contributed by atoms with Gasteiger partial charge in [-0.15, -0.1) is 0 Å². The van der Waals surface area contributed by atoms with Gasteiger partial charge in [-0.25, -0.2) is 0 Å². The summed E-state index contributed by atoms with van der Waals surface area (Å²) in [6, 6.07) is -4.38. The summed E-state index contributed by atoms with van der Waals surface area (Å²) in [5, 5.41) is 25.9. The smallest absolute Gasteiger partial charge is 0.325 e. The zero-order chi connectivity index (χ0) is 22.7. The second-order valence-electron chi connectivity index (χ2n) is 7.42. The Kier molecular flexibility index (Phi) is 12.1. The van der Waals surface area contributed by atoms with Crippen molar-refractivity contribution in [3.8, 4) is 0 Å². The zero-order valence-electron chi connectivity index (χ0n) is 17.5. The summed E-state index contributed by atoms with van der Waals surface area (Å²) < 4.78 is 0. The molecule has 29 heavy (non-hydrogen) atoms. The Bertz CT molecular complexity index is 569. The fourth-order valence-corrected chi connectivity index (χ4v) is 2.45. The number of carbonyl (C=O) groups is 4. The highest BCUT2D eigenvalue weighted by atomic mass is 16.4. The van der Waals surface area contributed by atoms with Crippen LogP contribution in [0.2, 0.25) is 0 Å². The second-order valence-corrected chi connectivity index (χ2v) is 7.42. The SMILES string of the molecule is CC(NC(=O)C(NC(=O)C(NC(=O)C(N)CCCCN)C(C)C)C(C)O)C(=O)O. The van der Waals surface area contributed by atoms with E-state index in [1.54, 1.807) is 13.8 Å². The highest BCUT2D eigenvalue weighted by Gasteiger charge is 2.32. The highest BCUT2D eigenvalue weighted by molar-refractivity contribution is 5.94. The van der Waals surface area contributed by atoms with Crippen LogP contribution in [0, 0.1) is 5.92 Å². The molecule has 168 valence electrons. The van der Waals surface area contributed by atoms with Crippen LogP contribution in [0.5, 0.6) is 0 Å². The number of aliphatic hydroxyl groups excluding tert-OH is 1. The number of nitrogens with one attached hydrogen (secondary N) is 3. The van der Waals surface area contributed by atoms with E-state index in [9.17, 15) is 24.3 Å². The van der Waals surface area contributed by atoms with Gasteiger partial charge in [0.2, 0.25) is 17.7 Å². The van der Waals surface area contributed by atoms with Crippen LogP contribution in [0.4, 0.5) is 0 Å². The number of aliphatic carboxylic acids is 1. The van der Waals surface area contributed by atoms with Crippen molar-refractivity contribution in [2.24, 2.45) is 17.4 Å². The number of carboxylic acid groups (broad SMARTS) is 1. The van der Waals surface area contributed by atoms with E-state index in [0.717, 1.165) is 6.42 Å². The molecule has 3 amide bonds. The minimum absolute atomic E-state index is 0.328. The molecule has 0 fully saturated rings. The average molecular weight is 418 g/mol. The number of carbonyl (C=O) groups excluding carboxylic acids is 3. The van der Waals surface area contributed by atoms with Gasteiger partial charge < -0.3 is 37.6 Å². The van der Waals surface area contributed by atoms with Gasteiger partial charge in [0.05, 0.1) is 12.1 Å². The third-order valence-corrected chi connectivity index (χ3v) is 4.34. The topological polar surface area (TPSA) is 197 Å². The molecule has 0 aliphatic heterocycles. The lowest BCUT2D eigenvalue weighted by Gasteiger charge is -2.27. The predicted octanol–water partition coefficient (Wildman–Crippen LogP) is -1.96. The van der Waals surface area contributed by atoms with Crippen molar-refractivity contribution in [2.75, 3.05) is 6.54 Å². The van der Waals surface area contributed by atoms with E-state index in [1.165, 1.54) is 13.8 Å². The van der Waals surface area contributed by atoms with Crippen LogP contribution in [-0.2, 0) is 19.2 Å². The Morgan fingerprint density at radius 1 is 0.862 bits per heavy atom. The maximum absolute atomic E-state index is 12.7.